The molecule has 0 aromatic carbocycles. The van der Waals surface area contributed by atoms with Gasteiger partial charge in [-0.3, -0.25) is 4.79 Å². The Bertz CT molecular complexity index is 244. The van der Waals surface area contributed by atoms with Crippen LogP contribution in [-0.2, 0) is 4.79 Å². The maximum absolute atomic E-state index is 11.6. The third kappa shape index (κ3) is 8.54. The Morgan fingerprint density at radius 3 is 2.53 bits per heavy atom. The van der Waals surface area contributed by atoms with Gasteiger partial charge in [0.1, 0.15) is 0 Å². The summed E-state index contributed by atoms with van der Waals surface area (Å²) in [5.74, 6) is -0.872. The molecule has 0 heterocycles. The summed E-state index contributed by atoms with van der Waals surface area (Å²) in [5.41, 5.74) is 0. The van der Waals surface area contributed by atoms with E-state index in [9.17, 15) is 9.59 Å². The van der Waals surface area contributed by atoms with E-state index in [1.165, 1.54) is 0 Å². The normalized spacial score (nSPS) is 11.9. The molecule has 0 aliphatic heterocycles. The summed E-state index contributed by atoms with van der Waals surface area (Å²) in [6.45, 7) is 5.08. The van der Waals surface area contributed by atoms with Gasteiger partial charge < -0.3 is 15.3 Å². The molecule has 0 aliphatic rings. The number of carboxylic acids is 1. The molecule has 1 unspecified atom stereocenters. The van der Waals surface area contributed by atoms with Crippen molar-refractivity contribution in [3.05, 3.63) is 0 Å². The largest absolute Gasteiger partial charge is 0.481 e. The summed E-state index contributed by atoms with van der Waals surface area (Å²) in [6.07, 6.45) is 3.34. The molecule has 0 spiro atoms. The lowest BCUT2D eigenvalue weighted by molar-refractivity contribution is -0.137. The van der Waals surface area contributed by atoms with Gasteiger partial charge in [-0.05, 0) is 12.3 Å². The van der Waals surface area contributed by atoms with E-state index in [2.05, 4.69) is 12.2 Å². The molecular weight excluding hydrogens is 220 g/mol. The van der Waals surface area contributed by atoms with Crippen molar-refractivity contribution in [2.24, 2.45) is 5.92 Å². The SMILES string of the molecule is CCCCCN(C)C(=O)NCC(C)CC(=O)O. The number of nitrogens with zero attached hydrogens (tertiary/aromatic N) is 1. The maximum Gasteiger partial charge on any atom is 0.317 e. The molecule has 0 aliphatic carbocycles. The lowest BCUT2D eigenvalue weighted by Gasteiger charge is -2.19. The molecule has 17 heavy (non-hydrogen) atoms. The number of nitrogens with one attached hydrogen (secondary N) is 1. The van der Waals surface area contributed by atoms with Crippen molar-refractivity contribution in [2.75, 3.05) is 20.1 Å². The first-order valence-corrected chi connectivity index (χ1v) is 6.18. The minimum Gasteiger partial charge on any atom is -0.481 e. The minimum absolute atomic E-state index is 0.0412. The van der Waals surface area contributed by atoms with Crippen LogP contribution in [0.3, 0.4) is 0 Å². The zero-order chi connectivity index (χ0) is 13.3. The number of amides is 2. The van der Waals surface area contributed by atoms with Crippen molar-refractivity contribution in [3.63, 3.8) is 0 Å². The minimum atomic E-state index is -0.831. The summed E-state index contributed by atoms with van der Waals surface area (Å²) < 4.78 is 0. The van der Waals surface area contributed by atoms with E-state index in [1.807, 2.05) is 6.92 Å². The van der Waals surface area contributed by atoms with E-state index < -0.39 is 5.97 Å². The quantitative estimate of drug-likeness (QED) is 0.641. The lowest BCUT2D eigenvalue weighted by Crippen LogP contribution is -2.39. The van der Waals surface area contributed by atoms with Gasteiger partial charge in [-0.15, -0.1) is 0 Å². The van der Waals surface area contributed by atoms with E-state index in [0.29, 0.717) is 6.54 Å². The van der Waals surface area contributed by atoms with Crippen molar-refractivity contribution in [1.29, 1.82) is 0 Å². The number of carbonyl (C=O) groups excluding carboxylic acids is 1. The van der Waals surface area contributed by atoms with Gasteiger partial charge in [-0.25, -0.2) is 4.79 Å². The average molecular weight is 244 g/mol. The number of hydrogen-bond acceptors (Lipinski definition) is 2. The van der Waals surface area contributed by atoms with Crippen molar-refractivity contribution >= 4 is 12.0 Å². The zero-order valence-electron chi connectivity index (χ0n) is 11.0. The molecule has 2 amide bonds. The lowest BCUT2D eigenvalue weighted by atomic mass is 10.1. The Morgan fingerprint density at radius 2 is 2.00 bits per heavy atom. The number of unbranched alkanes of at least 4 members (excludes halogenated alkanes) is 2. The number of carboxylic acid groups (broad SMARTS) is 1. The van der Waals surface area contributed by atoms with Crippen LogP contribution in [0.2, 0.25) is 0 Å². The standard InChI is InChI=1S/C12H24N2O3/c1-4-5-6-7-14(3)12(17)13-9-10(2)8-11(15)16/h10H,4-9H2,1-3H3,(H,13,17)(H,15,16). The number of hydrogen-bond donors (Lipinski definition) is 2. The summed E-state index contributed by atoms with van der Waals surface area (Å²) in [5, 5.41) is 11.3. The molecule has 0 saturated carbocycles. The van der Waals surface area contributed by atoms with E-state index in [0.717, 1.165) is 25.8 Å². The first kappa shape index (κ1) is 15.7. The predicted octanol–water partition coefficient (Wildman–Crippen LogP) is 1.93. The van der Waals surface area contributed by atoms with E-state index in [-0.39, 0.29) is 18.4 Å². The van der Waals surface area contributed by atoms with Crippen LogP contribution in [0.5, 0.6) is 0 Å². The van der Waals surface area contributed by atoms with Crippen LogP contribution in [0, 0.1) is 5.92 Å². The second-order valence-corrected chi connectivity index (χ2v) is 4.52. The van der Waals surface area contributed by atoms with Gasteiger partial charge in [-0.2, -0.15) is 0 Å². The number of aliphatic carboxylic acids is 1. The fraction of sp³-hybridized carbons (Fsp3) is 0.833. The van der Waals surface area contributed by atoms with Crippen molar-refractivity contribution < 1.29 is 14.7 Å². The monoisotopic (exact) mass is 244 g/mol. The Labute approximate surface area is 103 Å². The van der Waals surface area contributed by atoms with Gasteiger partial charge in [0.2, 0.25) is 0 Å². The Balaban J connectivity index is 3.73. The van der Waals surface area contributed by atoms with Gasteiger partial charge in [-0.1, -0.05) is 26.7 Å². The number of urea groups is 1. The van der Waals surface area contributed by atoms with Crippen LogP contribution >= 0.6 is 0 Å². The van der Waals surface area contributed by atoms with Gasteiger partial charge in [0, 0.05) is 26.6 Å². The fourth-order valence-electron chi connectivity index (χ4n) is 1.47. The molecule has 0 saturated heterocycles. The number of rotatable bonds is 8. The highest BCUT2D eigenvalue weighted by Crippen LogP contribution is 2.00. The second kappa shape index (κ2) is 8.84. The molecule has 2 N–H and O–H groups in total. The molecular formula is C12H24N2O3. The maximum atomic E-state index is 11.6. The molecule has 5 nitrogen and oxygen atoms in total. The van der Waals surface area contributed by atoms with Crippen LogP contribution in [0.4, 0.5) is 4.79 Å². The van der Waals surface area contributed by atoms with Crippen LogP contribution in [0.15, 0.2) is 0 Å². The third-order valence-electron chi connectivity index (χ3n) is 2.57. The van der Waals surface area contributed by atoms with Crippen LogP contribution < -0.4 is 5.32 Å². The summed E-state index contributed by atoms with van der Waals surface area (Å²) in [7, 11) is 1.76. The Morgan fingerprint density at radius 1 is 1.35 bits per heavy atom. The van der Waals surface area contributed by atoms with Crippen LogP contribution in [0.1, 0.15) is 39.5 Å². The molecule has 0 fully saturated rings. The molecule has 0 rings (SSSR count). The van der Waals surface area contributed by atoms with Crippen molar-refractivity contribution in [1.82, 2.24) is 10.2 Å². The first-order chi connectivity index (χ1) is 7.97. The summed E-state index contributed by atoms with van der Waals surface area (Å²) in [4.78, 5) is 23.7. The highest BCUT2D eigenvalue weighted by atomic mass is 16.4. The van der Waals surface area contributed by atoms with Gasteiger partial charge in [0.25, 0.3) is 0 Å². The molecule has 0 bridgehead atoms. The van der Waals surface area contributed by atoms with Gasteiger partial charge >= 0.3 is 12.0 Å². The van der Waals surface area contributed by atoms with E-state index in [1.54, 1.807) is 11.9 Å². The van der Waals surface area contributed by atoms with Crippen LogP contribution in [-0.4, -0.2) is 42.1 Å². The molecule has 0 aromatic heterocycles. The topological polar surface area (TPSA) is 69.6 Å². The van der Waals surface area contributed by atoms with Crippen molar-refractivity contribution in [3.8, 4) is 0 Å². The van der Waals surface area contributed by atoms with Gasteiger partial charge in [0.15, 0.2) is 0 Å². The molecule has 5 heteroatoms. The summed E-state index contributed by atoms with van der Waals surface area (Å²) in [6, 6.07) is -0.127. The van der Waals surface area contributed by atoms with Gasteiger partial charge in [0.05, 0.1) is 0 Å². The molecule has 0 aromatic rings. The van der Waals surface area contributed by atoms with E-state index in [4.69, 9.17) is 5.11 Å². The molecule has 100 valence electrons. The Kier molecular flexibility index (Phi) is 8.19. The highest BCUT2D eigenvalue weighted by Gasteiger charge is 2.11. The van der Waals surface area contributed by atoms with Crippen molar-refractivity contribution in [2.45, 2.75) is 39.5 Å². The smallest absolute Gasteiger partial charge is 0.317 e. The fourth-order valence-corrected chi connectivity index (χ4v) is 1.47. The Hall–Kier alpha value is -1.26. The second-order valence-electron chi connectivity index (χ2n) is 4.52. The first-order valence-electron chi connectivity index (χ1n) is 6.18. The molecule has 0 radical (unpaired) electrons. The average Bonchev–Trinajstić information content (AvgIpc) is 2.25. The predicted molar refractivity (Wildman–Crippen MR) is 67.0 cm³/mol. The summed E-state index contributed by atoms with van der Waals surface area (Å²) >= 11 is 0. The van der Waals surface area contributed by atoms with E-state index >= 15 is 0 Å². The third-order valence-corrected chi connectivity index (χ3v) is 2.57. The highest BCUT2D eigenvalue weighted by molar-refractivity contribution is 5.74. The molecule has 1 atom stereocenters. The number of carbonyl (C=O) groups is 2. The van der Waals surface area contributed by atoms with Crippen LogP contribution in [0.25, 0.3) is 0 Å². The zero-order valence-corrected chi connectivity index (χ0v) is 11.0.